The second-order valence-electron chi connectivity index (χ2n) is 3.28. The SMILES string of the molecule is CCc1cc(C(=O)OC)cc2[nH]cnc12. The van der Waals surface area contributed by atoms with E-state index in [9.17, 15) is 4.79 Å². The van der Waals surface area contributed by atoms with Gasteiger partial charge in [-0.1, -0.05) is 6.92 Å². The predicted octanol–water partition coefficient (Wildman–Crippen LogP) is 1.91. The smallest absolute Gasteiger partial charge is 0.337 e. The van der Waals surface area contributed by atoms with E-state index in [1.807, 2.05) is 13.0 Å². The zero-order valence-electron chi connectivity index (χ0n) is 8.70. The number of imidazole rings is 1. The number of aryl methyl sites for hydroxylation is 1. The minimum absolute atomic E-state index is 0.318. The number of ether oxygens (including phenoxy) is 1. The second kappa shape index (κ2) is 3.73. The topological polar surface area (TPSA) is 55.0 Å². The second-order valence-corrected chi connectivity index (χ2v) is 3.28. The number of fused-ring (bicyclic) bond motifs is 1. The van der Waals surface area contributed by atoms with Gasteiger partial charge in [-0.15, -0.1) is 0 Å². The number of aromatic amines is 1. The number of H-pyrrole nitrogens is 1. The zero-order chi connectivity index (χ0) is 10.8. The highest BCUT2D eigenvalue weighted by Crippen LogP contribution is 2.18. The molecule has 1 aromatic heterocycles. The van der Waals surface area contributed by atoms with Gasteiger partial charge in [-0.2, -0.15) is 0 Å². The maximum atomic E-state index is 11.4. The van der Waals surface area contributed by atoms with E-state index < -0.39 is 0 Å². The Morgan fingerprint density at radius 2 is 2.33 bits per heavy atom. The van der Waals surface area contributed by atoms with Gasteiger partial charge >= 0.3 is 5.97 Å². The van der Waals surface area contributed by atoms with E-state index in [-0.39, 0.29) is 5.97 Å². The van der Waals surface area contributed by atoms with Crippen LogP contribution in [0.3, 0.4) is 0 Å². The quantitative estimate of drug-likeness (QED) is 0.760. The fourth-order valence-corrected chi connectivity index (χ4v) is 1.63. The highest BCUT2D eigenvalue weighted by molar-refractivity contribution is 5.94. The molecular weight excluding hydrogens is 192 g/mol. The highest BCUT2D eigenvalue weighted by atomic mass is 16.5. The lowest BCUT2D eigenvalue weighted by Gasteiger charge is -2.03. The van der Waals surface area contributed by atoms with Gasteiger partial charge in [0.15, 0.2) is 0 Å². The first-order valence-corrected chi connectivity index (χ1v) is 4.80. The number of methoxy groups -OCH3 is 1. The Balaban J connectivity index is 2.63. The molecule has 4 nitrogen and oxygen atoms in total. The summed E-state index contributed by atoms with van der Waals surface area (Å²) in [6.45, 7) is 2.03. The number of carbonyl (C=O) groups excluding carboxylic acids is 1. The van der Waals surface area contributed by atoms with Crippen molar-refractivity contribution >= 4 is 17.0 Å². The number of nitrogens with zero attached hydrogens (tertiary/aromatic N) is 1. The molecule has 0 unspecified atom stereocenters. The van der Waals surface area contributed by atoms with Crippen LogP contribution in [0.1, 0.15) is 22.8 Å². The first kappa shape index (κ1) is 9.71. The van der Waals surface area contributed by atoms with Gasteiger partial charge in [0.25, 0.3) is 0 Å². The summed E-state index contributed by atoms with van der Waals surface area (Å²) in [4.78, 5) is 18.6. The van der Waals surface area contributed by atoms with E-state index in [0.29, 0.717) is 5.56 Å². The number of esters is 1. The van der Waals surface area contributed by atoms with Gasteiger partial charge in [0.05, 0.1) is 30.0 Å². The van der Waals surface area contributed by atoms with Crippen LogP contribution in [0.15, 0.2) is 18.5 Å². The van der Waals surface area contributed by atoms with E-state index in [2.05, 4.69) is 14.7 Å². The van der Waals surface area contributed by atoms with Crippen molar-refractivity contribution in [1.29, 1.82) is 0 Å². The van der Waals surface area contributed by atoms with Gasteiger partial charge in [0.2, 0.25) is 0 Å². The number of nitrogens with one attached hydrogen (secondary N) is 1. The molecule has 15 heavy (non-hydrogen) atoms. The van der Waals surface area contributed by atoms with Crippen molar-refractivity contribution in [2.45, 2.75) is 13.3 Å². The molecule has 0 amide bonds. The van der Waals surface area contributed by atoms with E-state index in [1.54, 1.807) is 12.4 Å². The van der Waals surface area contributed by atoms with Crippen molar-refractivity contribution in [3.8, 4) is 0 Å². The third-order valence-electron chi connectivity index (χ3n) is 2.40. The Hall–Kier alpha value is -1.84. The Kier molecular flexibility index (Phi) is 2.41. The van der Waals surface area contributed by atoms with Crippen LogP contribution in [0.25, 0.3) is 11.0 Å². The van der Waals surface area contributed by atoms with E-state index in [4.69, 9.17) is 0 Å². The van der Waals surface area contributed by atoms with E-state index in [1.165, 1.54) is 7.11 Å². The predicted molar refractivity (Wildman–Crippen MR) is 56.8 cm³/mol. The monoisotopic (exact) mass is 204 g/mol. The molecule has 0 radical (unpaired) electrons. The molecule has 78 valence electrons. The number of rotatable bonds is 2. The molecule has 0 atom stereocenters. The molecule has 0 fully saturated rings. The van der Waals surface area contributed by atoms with Crippen molar-refractivity contribution in [3.05, 3.63) is 29.6 Å². The fraction of sp³-hybridized carbons (Fsp3) is 0.273. The average Bonchev–Trinajstić information content (AvgIpc) is 2.74. The van der Waals surface area contributed by atoms with Crippen LogP contribution in [0.2, 0.25) is 0 Å². The van der Waals surface area contributed by atoms with Gasteiger partial charge in [-0.3, -0.25) is 0 Å². The molecule has 0 saturated heterocycles. The molecule has 0 aliphatic carbocycles. The normalized spacial score (nSPS) is 10.5. The molecule has 0 saturated carbocycles. The van der Waals surface area contributed by atoms with Crippen molar-refractivity contribution in [2.75, 3.05) is 7.11 Å². The maximum absolute atomic E-state index is 11.4. The van der Waals surface area contributed by atoms with Crippen LogP contribution in [0.5, 0.6) is 0 Å². The van der Waals surface area contributed by atoms with Crippen LogP contribution < -0.4 is 0 Å². The van der Waals surface area contributed by atoms with Gasteiger partial charge in [-0.25, -0.2) is 9.78 Å². The van der Waals surface area contributed by atoms with Crippen LogP contribution in [0.4, 0.5) is 0 Å². The van der Waals surface area contributed by atoms with Gasteiger partial charge in [0, 0.05) is 0 Å². The summed E-state index contributed by atoms with van der Waals surface area (Å²) in [6.07, 6.45) is 2.47. The minimum atomic E-state index is -0.318. The van der Waals surface area contributed by atoms with Gasteiger partial charge in [0.1, 0.15) is 0 Å². The third-order valence-corrected chi connectivity index (χ3v) is 2.40. The van der Waals surface area contributed by atoms with Crippen molar-refractivity contribution in [2.24, 2.45) is 0 Å². The van der Waals surface area contributed by atoms with Crippen molar-refractivity contribution in [1.82, 2.24) is 9.97 Å². The zero-order valence-corrected chi connectivity index (χ0v) is 8.70. The Morgan fingerprint density at radius 3 is 3.00 bits per heavy atom. The largest absolute Gasteiger partial charge is 0.465 e. The minimum Gasteiger partial charge on any atom is -0.465 e. The van der Waals surface area contributed by atoms with E-state index in [0.717, 1.165) is 23.0 Å². The number of hydrogen-bond acceptors (Lipinski definition) is 3. The summed E-state index contributed by atoms with van der Waals surface area (Å²) in [6, 6.07) is 3.59. The Morgan fingerprint density at radius 1 is 1.53 bits per heavy atom. The average molecular weight is 204 g/mol. The van der Waals surface area contributed by atoms with Crippen molar-refractivity contribution < 1.29 is 9.53 Å². The van der Waals surface area contributed by atoms with Gasteiger partial charge < -0.3 is 9.72 Å². The molecule has 2 aromatic rings. The molecule has 0 spiro atoms. The van der Waals surface area contributed by atoms with Crippen LogP contribution in [-0.2, 0) is 11.2 Å². The molecule has 0 bridgehead atoms. The molecule has 0 aliphatic rings. The van der Waals surface area contributed by atoms with Gasteiger partial charge in [-0.05, 0) is 24.1 Å². The first-order chi connectivity index (χ1) is 7.26. The first-order valence-electron chi connectivity index (χ1n) is 4.80. The third kappa shape index (κ3) is 1.58. The molecule has 2 rings (SSSR count). The summed E-state index contributed by atoms with van der Waals surface area (Å²) in [5.74, 6) is -0.318. The van der Waals surface area contributed by atoms with Crippen molar-refractivity contribution in [3.63, 3.8) is 0 Å². The molecule has 0 aliphatic heterocycles. The summed E-state index contributed by atoms with van der Waals surface area (Å²) in [5, 5.41) is 0. The Bertz CT molecular complexity index is 502. The molecule has 1 heterocycles. The summed E-state index contributed by atoms with van der Waals surface area (Å²) < 4.78 is 4.69. The summed E-state index contributed by atoms with van der Waals surface area (Å²) >= 11 is 0. The van der Waals surface area contributed by atoms with E-state index >= 15 is 0 Å². The number of aromatic nitrogens is 2. The standard InChI is InChI=1S/C11H12N2O2/c1-3-7-4-8(11(14)15-2)5-9-10(7)13-6-12-9/h4-6H,3H2,1-2H3,(H,12,13). The lowest BCUT2D eigenvalue weighted by Crippen LogP contribution is -2.02. The lowest BCUT2D eigenvalue weighted by atomic mass is 10.1. The fourth-order valence-electron chi connectivity index (χ4n) is 1.63. The number of hydrogen-bond donors (Lipinski definition) is 1. The summed E-state index contributed by atoms with van der Waals surface area (Å²) in [5.41, 5.74) is 3.40. The Labute approximate surface area is 87.3 Å². The number of carbonyl (C=O) groups is 1. The highest BCUT2D eigenvalue weighted by Gasteiger charge is 2.10. The van der Waals surface area contributed by atoms with Crippen LogP contribution in [0, 0.1) is 0 Å². The maximum Gasteiger partial charge on any atom is 0.337 e. The van der Waals surface area contributed by atoms with Crippen LogP contribution >= 0.6 is 0 Å². The molecule has 1 N–H and O–H groups in total. The molecule has 1 aromatic carbocycles. The molecule has 4 heteroatoms. The van der Waals surface area contributed by atoms with Crippen LogP contribution in [-0.4, -0.2) is 23.0 Å². The lowest BCUT2D eigenvalue weighted by molar-refractivity contribution is 0.0601. The summed E-state index contributed by atoms with van der Waals surface area (Å²) in [7, 11) is 1.38. The number of benzene rings is 1. The molecular formula is C11H12N2O2.